The van der Waals surface area contributed by atoms with Gasteiger partial charge >= 0.3 is 0 Å². The van der Waals surface area contributed by atoms with Crippen molar-refractivity contribution in [3.05, 3.63) is 77.6 Å². The van der Waals surface area contributed by atoms with E-state index in [2.05, 4.69) is 10.3 Å². The molecule has 2 aromatic carbocycles. The van der Waals surface area contributed by atoms with E-state index in [1.165, 1.54) is 0 Å². The van der Waals surface area contributed by atoms with Gasteiger partial charge in [-0.05, 0) is 23.3 Å². The maximum Gasteiger partial charge on any atom is 0.122 e. The molecule has 0 aliphatic heterocycles. The van der Waals surface area contributed by atoms with E-state index in [0.29, 0.717) is 12.3 Å². The molecule has 0 spiro atoms. The van der Waals surface area contributed by atoms with E-state index < -0.39 is 6.10 Å². The minimum absolute atomic E-state index is 0.522. The molecule has 0 aliphatic rings. The standard InChI is InChI=1S/C17H17N3O2/c1-20-16(11-18-19-20)17(21)14-7-9-15(10-8-14)22-12-13-5-3-2-4-6-13/h2-11,17,21H,12H2,1H3. The SMILES string of the molecule is Cn1nncc1C(O)c1ccc(OCc2ccccc2)cc1. The van der Waals surface area contributed by atoms with Gasteiger partial charge in [-0.15, -0.1) is 5.10 Å². The van der Waals surface area contributed by atoms with Crippen molar-refractivity contribution >= 4 is 0 Å². The lowest BCUT2D eigenvalue weighted by Gasteiger charge is -2.12. The Balaban J connectivity index is 1.66. The van der Waals surface area contributed by atoms with Crippen LogP contribution in [0.5, 0.6) is 5.75 Å². The van der Waals surface area contributed by atoms with Crippen LogP contribution in [-0.4, -0.2) is 20.1 Å². The summed E-state index contributed by atoms with van der Waals surface area (Å²) in [5.41, 5.74) is 2.54. The van der Waals surface area contributed by atoms with Crippen LogP contribution in [0, 0.1) is 0 Å². The normalized spacial score (nSPS) is 12.1. The molecule has 3 aromatic rings. The third-order valence-corrected chi connectivity index (χ3v) is 3.47. The third kappa shape index (κ3) is 3.15. The van der Waals surface area contributed by atoms with Crippen molar-refractivity contribution in [1.29, 1.82) is 0 Å². The van der Waals surface area contributed by atoms with Crippen LogP contribution in [0.15, 0.2) is 60.8 Å². The fourth-order valence-corrected chi connectivity index (χ4v) is 2.20. The number of aliphatic hydroxyl groups excluding tert-OH is 1. The summed E-state index contributed by atoms with van der Waals surface area (Å²) in [4.78, 5) is 0. The Morgan fingerprint density at radius 1 is 1.09 bits per heavy atom. The summed E-state index contributed by atoms with van der Waals surface area (Å²) in [5, 5.41) is 17.9. The molecule has 3 rings (SSSR count). The first kappa shape index (κ1) is 14.3. The first-order chi connectivity index (χ1) is 10.7. The van der Waals surface area contributed by atoms with Crippen LogP contribution >= 0.6 is 0 Å². The van der Waals surface area contributed by atoms with Gasteiger partial charge < -0.3 is 9.84 Å². The molecule has 0 radical (unpaired) electrons. The highest BCUT2D eigenvalue weighted by Crippen LogP contribution is 2.23. The molecule has 1 heterocycles. The zero-order chi connectivity index (χ0) is 15.4. The molecule has 0 saturated carbocycles. The van der Waals surface area contributed by atoms with Gasteiger partial charge in [0.05, 0.1) is 11.9 Å². The highest BCUT2D eigenvalue weighted by Gasteiger charge is 2.14. The number of aromatic nitrogens is 3. The molecule has 22 heavy (non-hydrogen) atoms. The molecule has 1 aromatic heterocycles. The number of aliphatic hydroxyl groups is 1. The zero-order valence-corrected chi connectivity index (χ0v) is 12.3. The van der Waals surface area contributed by atoms with E-state index in [0.717, 1.165) is 16.9 Å². The van der Waals surface area contributed by atoms with Gasteiger partial charge in [0.15, 0.2) is 0 Å². The first-order valence-electron chi connectivity index (χ1n) is 7.03. The largest absolute Gasteiger partial charge is 0.489 e. The summed E-state index contributed by atoms with van der Waals surface area (Å²) in [7, 11) is 1.75. The van der Waals surface area contributed by atoms with E-state index in [9.17, 15) is 5.11 Å². The number of hydrogen-bond acceptors (Lipinski definition) is 4. The minimum atomic E-state index is -0.747. The van der Waals surface area contributed by atoms with Gasteiger partial charge in [-0.3, -0.25) is 0 Å². The summed E-state index contributed by atoms with van der Waals surface area (Å²) < 4.78 is 7.29. The summed E-state index contributed by atoms with van der Waals surface area (Å²) in [6.45, 7) is 0.522. The van der Waals surface area contributed by atoms with Crippen molar-refractivity contribution in [2.75, 3.05) is 0 Å². The lowest BCUT2D eigenvalue weighted by Crippen LogP contribution is -2.06. The maximum absolute atomic E-state index is 10.3. The van der Waals surface area contributed by atoms with Crippen molar-refractivity contribution in [2.24, 2.45) is 7.05 Å². The lowest BCUT2D eigenvalue weighted by molar-refractivity contribution is 0.209. The lowest BCUT2D eigenvalue weighted by atomic mass is 10.1. The van der Waals surface area contributed by atoms with Gasteiger partial charge in [0.25, 0.3) is 0 Å². The zero-order valence-electron chi connectivity index (χ0n) is 12.3. The number of ether oxygens (including phenoxy) is 1. The van der Waals surface area contributed by atoms with E-state index in [1.54, 1.807) is 17.9 Å². The Hall–Kier alpha value is -2.66. The molecule has 5 nitrogen and oxygen atoms in total. The average Bonchev–Trinajstić information content (AvgIpc) is 3.00. The Labute approximate surface area is 128 Å². The molecule has 0 saturated heterocycles. The van der Waals surface area contributed by atoms with E-state index in [1.807, 2.05) is 54.6 Å². The molecule has 0 bridgehead atoms. The highest BCUT2D eigenvalue weighted by molar-refractivity contribution is 5.31. The van der Waals surface area contributed by atoms with Crippen molar-refractivity contribution in [1.82, 2.24) is 15.0 Å². The average molecular weight is 295 g/mol. The van der Waals surface area contributed by atoms with Crippen LogP contribution in [0.1, 0.15) is 22.9 Å². The summed E-state index contributed by atoms with van der Waals surface area (Å²) in [6, 6.07) is 17.4. The number of nitrogens with zero attached hydrogens (tertiary/aromatic N) is 3. The van der Waals surface area contributed by atoms with Crippen molar-refractivity contribution in [3.63, 3.8) is 0 Å². The van der Waals surface area contributed by atoms with Crippen LogP contribution in [0.3, 0.4) is 0 Å². The predicted octanol–water partition coefficient (Wildman–Crippen LogP) is 2.48. The Morgan fingerprint density at radius 2 is 1.82 bits per heavy atom. The van der Waals surface area contributed by atoms with Gasteiger partial charge in [-0.25, -0.2) is 4.68 Å². The van der Waals surface area contributed by atoms with Crippen LogP contribution < -0.4 is 4.74 Å². The smallest absolute Gasteiger partial charge is 0.122 e. The fourth-order valence-electron chi connectivity index (χ4n) is 2.20. The molecule has 0 aliphatic carbocycles. The van der Waals surface area contributed by atoms with Crippen LogP contribution in [0.2, 0.25) is 0 Å². The maximum atomic E-state index is 10.3. The van der Waals surface area contributed by atoms with Crippen LogP contribution in [0.4, 0.5) is 0 Å². The number of aryl methyl sites for hydroxylation is 1. The Morgan fingerprint density at radius 3 is 2.45 bits per heavy atom. The topological polar surface area (TPSA) is 60.2 Å². The summed E-state index contributed by atoms with van der Waals surface area (Å²) in [6.07, 6.45) is 0.813. The number of benzene rings is 2. The molecular formula is C17H17N3O2. The molecule has 1 atom stereocenters. The van der Waals surface area contributed by atoms with Crippen molar-refractivity contribution < 1.29 is 9.84 Å². The third-order valence-electron chi connectivity index (χ3n) is 3.47. The molecule has 0 fully saturated rings. The fraction of sp³-hybridized carbons (Fsp3) is 0.176. The molecular weight excluding hydrogens is 278 g/mol. The molecule has 1 unspecified atom stereocenters. The van der Waals surface area contributed by atoms with Gasteiger partial charge in [-0.2, -0.15) is 0 Å². The van der Waals surface area contributed by atoms with Gasteiger partial charge in [-0.1, -0.05) is 47.7 Å². The second kappa shape index (κ2) is 6.41. The Bertz CT molecular complexity index is 723. The highest BCUT2D eigenvalue weighted by atomic mass is 16.5. The number of hydrogen-bond donors (Lipinski definition) is 1. The second-order valence-electron chi connectivity index (χ2n) is 5.03. The quantitative estimate of drug-likeness (QED) is 0.785. The predicted molar refractivity (Wildman–Crippen MR) is 82.3 cm³/mol. The monoisotopic (exact) mass is 295 g/mol. The first-order valence-corrected chi connectivity index (χ1v) is 7.03. The van der Waals surface area contributed by atoms with E-state index in [-0.39, 0.29) is 0 Å². The minimum Gasteiger partial charge on any atom is -0.489 e. The summed E-state index contributed by atoms with van der Waals surface area (Å²) >= 11 is 0. The molecule has 0 amide bonds. The molecule has 5 heteroatoms. The van der Waals surface area contributed by atoms with Gasteiger partial charge in [0.2, 0.25) is 0 Å². The van der Waals surface area contributed by atoms with E-state index in [4.69, 9.17) is 4.74 Å². The van der Waals surface area contributed by atoms with Crippen molar-refractivity contribution in [3.8, 4) is 5.75 Å². The Kier molecular flexibility index (Phi) is 4.16. The molecule has 1 N–H and O–H groups in total. The van der Waals surface area contributed by atoms with Crippen molar-refractivity contribution in [2.45, 2.75) is 12.7 Å². The van der Waals surface area contributed by atoms with Gasteiger partial charge in [0.1, 0.15) is 18.5 Å². The van der Waals surface area contributed by atoms with Crippen LogP contribution in [-0.2, 0) is 13.7 Å². The number of rotatable bonds is 5. The summed E-state index contributed by atoms with van der Waals surface area (Å²) in [5.74, 6) is 0.767. The van der Waals surface area contributed by atoms with E-state index >= 15 is 0 Å². The molecule has 112 valence electrons. The van der Waals surface area contributed by atoms with Gasteiger partial charge in [0, 0.05) is 7.05 Å². The van der Waals surface area contributed by atoms with Crippen LogP contribution in [0.25, 0.3) is 0 Å². The second-order valence-corrected chi connectivity index (χ2v) is 5.03.